The molecule has 8 nitrogen and oxygen atoms in total. The molecular weight excluding hydrogens is 286 g/mol. The van der Waals surface area contributed by atoms with Gasteiger partial charge in [0.05, 0.1) is 6.61 Å². The van der Waals surface area contributed by atoms with E-state index in [9.17, 15) is 14.4 Å². The highest BCUT2D eigenvalue weighted by Gasteiger charge is 2.14. The minimum Gasteiger partial charge on any atom is -0.451 e. The molecule has 110 valence electrons. The van der Waals surface area contributed by atoms with Crippen molar-refractivity contribution in [3.63, 3.8) is 0 Å². The second-order valence-electron chi connectivity index (χ2n) is 3.64. The Labute approximate surface area is 119 Å². The lowest BCUT2D eigenvalue weighted by atomic mass is 10.5. The van der Waals surface area contributed by atoms with E-state index in [1.165, 1.54) is 19.4 Å². The van der Waals surface area contributed by atoms with Gasteiger partial charge < -0.3 is 20.1 Å². The first-order valence-electron chi connectivity index (χ1n) is 5.68. The lowest BCUT2D eigenvalue weighted by molar-refractivity contribution is -0.124. The molecule has 0 aliphatic carbocycles. The van der Waals surface area contributed by atoms with Gasteiger partial charge in [-0.1, -0.05) is 0 Å². The molecule has 1 aromatic heterocycles. The maximum absolute atomic E-state index is 11.6. The summed E-state index contributed by atoms with van der Waals surface area (Å²) < 4.78 is 9.53. The average molecular weight is 301 g/mol. The molecule has 0 spiro atoms. The van der Waals surface area contributed by atoms with Gasteiger partial charge in [0, 0.05) is 26.0 Å². The van der Waals surface area contributed by atoms with Gasteiger partial charge in [-0.05, 0) is 0 Å². The molecule has 0 aliphatic heterocycles. The van der Waals surface area contributed by atoms with E-state index in [1.807, 2.05) is 0 Å². The Kier molecular flexibility index (Phi) is 6.60. The summed E-state index contributed by atoms with van der Waals surface area (Å²) in [6, 6.07) is 0. The quantitative estimate of drug-likeness (QED) is 0.543. The summed E-state index contributed by atoms with van der Waals surface area (Å²) >= 11 is 1.10. The Hall–Kier alpha value is -2.00. The average Bonchev–Trinajstić information content (AvgIpc) is 2.84. The highest BCUT2D eigenvalue weighted by molar-refractivity contribution is 7.14. The molecule has 1 aromatic rings. The van der Waals surface area contributed by atoms with Gasteiger partial charge in [-0.3, -0.25) is 9.59 Å². The van der Waals surface area contributed by atoms with Crippen LogP contribution in [0.5, 0.6) is 0 Å². The minimum absolute atomic E-state index is 0.0449. The van der Waals surface area contributed by atoms with Gasteiger partial charge in [-0.15, -0.1) is 11.3 Å². The first-order chi connectivity index (χ1) is 9.52. The number of esters is 1. The number of nitrogens with zero attached hydrogens (tertiary/aromatic N) is 1. The van der Waals surface area contributed by atoms with Crippen LogP contribution in [0.25, 0.3) is 0 Å². The fourth-order valence-electron chi connectivity index (χ4n) is 1.12. The monoisotopic (exact) mass is 301 g/mol. The van der Waals surface area contributed by atoms with Gasteiger partial charge in [0.2, 0.25) is 5.91 Å². The normalized spacial score (nSPS) is 9.90. The number of ether oxygens (including phenoxy) is 2. The van der Waals surface area contributed by atoms with Gasteiger partial charge >= 0.3 is 5.97 Å². The Morgan fingerprint density at radius 1 is 1.40 bits per heavy atom. The minimum atomic E-state index is -0.722. The molecule has 2 N–H and O–H groups in total. The molecule has 9 heteroatoms. The number of amides is 2. The number of carbonyl (C=O) groups is 3. The van der Waals surface area contributed by atoms with Crippen molar-refractivity contribution in [3.8, 4) is 0 Å². The summed E-state index contributed by atoms with van der Waals surface area (Å²) in [5.74, 6) is -1.43. The molecule has 0 aliphatic rings. The molecule has 1 heterocycles. The van der Waals surface area contributed by atoms with Gasteiger partial charge in [0.25, 0.3) is 5.91 Å². The zero-order valence-corrected chi connectivity index (χ0v) is 11.9. The van der Waals surface area contributed by atoms with Crippen molar-refractivity contribution >= 4 is 34.3 Å². The second-order valence-corrected chi connectivity index (χ2v) is 4.50. The number of hydrogen-bond acceptors (Lipinski definition) is 7. The molecular formula is C11H15N3O5S. The van der Waals surface area contributed by atoms with Crippen LogP contribution in [-0.2, 0) is 19.1 Å². The number of methoxy groups -OCH3 is 1. The largest absolute Gasteiger partial charge is 0.451 e. The molecule has 0 fully saturated rings. The SMILES string of the molecule is COCCNC(=O)COC(=O)c1csc(NC(C)=O)n1. The molecule has 20 heavy (non-hydrogen) atoms. The molecule has 0 unspecified atom stereocenters. The summed E-state index contributed by atoms with van der Waals surface area (Å²) in [5, 5.41) is 6.69. The van der Waals surface area contributed by atoms with E-state index in [1.54, 1.807) is 0 Å². The highest BCUT2D eigenvalue weighted by atomic mass is 32.1. The van der Waals surface area contributed by atoms with Crippen LogP contribution in [0.15, 0.2) is 5.38 Å². The van der Waals surface area contributed by atoms with Crippen molar-refractivity contribution in [2.45, 2.75) is 6.92 Å². The smallest absolute Gasteiger partial charge is 0.358 e. The lowest BCUT2D eigenvalue weighted by Crippen LogP contribution is -2.31. The van der Waals surface area contributed by atoms with Crippen molar-refractivity contribution < 1.29 is 23.9 Å². The third-order valence-electron chi connectivity index (χ3n) is 1.96. The third-order valence-corrected chi connectivity index (χ3v) is 2.72. The zero-order valence-electron chi connectivity index (χ0n) is 11.1. The highest BCUT2D eigenvalue weighted by Crippen LogP contribution is 2.15. The molecule has 0 radical (unpaired) electrons. The van der Waals surface area contributed by atoms with E-state index in [-0.39, 0.29) is 11.6 Å². The van der Waals surface area contributed by atoms with Gasteiger partial charge in [-0.25, -0.2) is 9.78 Å². The van der Waals surface area contributed by atoms with Gasteiger partial charge in [-0.2, -0.15) is 0 Å². The van der Waals surface area contributed by atoms with Crippen LogP contribution in [0.3, 0.4) is 0 Å². The topological polar surface area (TPSA) is 107 Å². The fourth-order valence-corrected chi connectivity index (χ4v) is 1.85. The van der Waals surface area contributed by atoms with Crippen LogP contribution in [0.2, 0.25) is 0 Å². The summed E-state index contributed by atoms with van der Waals surface area (Å²) in [4.78, 5) is 37.5. The van der Waals surface area contributed by atoms with E-state index in [4.69, 9.17) is 9.47 Å². The number of thiazole rings is 1. The van der Waals surface area contributed by atoms with Gasteiger partial charge in [0.1, 0.15) is 0 Å². The van der Waals surface area contributed by atoms with Crippen LogP contribution in [0.1, 0.15) is 17.4 Å². The van der Waals surface area contributed by atoms with Crippen molar-refractivity contribution in [2.75, 3.05) is 32.2 Å². The summed E-state index contributed by atoms with van der Waals surface area (Å²) in [6.45, 7) is 1.67. The Morgan fingerprint density at radius 3 is 2.80 bits per heavy atom. The number of rotatable bonds is 7. The lowest BCUT2D eigenvalue weighted by Gasteiger charge is -2.04. The number of carbonyl (C=O) groups excluding carboxylic acids is 3. The number of nitrogens with one attached hydrogen (secondary N) is 2. The standard InChI is InChI=1S/C11H15N3O5S/c1-7(15)13-11-14-8(6-20-11)10(17)19-5-9(16)12-3-4-18-2/h6H,3-5H2,1-2H3,(H,12,16)(H,13,14,15). The van der Waals surface area contributed by atoms with E-state index >= 15 is 0 Å². The van der Waals surface area contributed by atoms with Crippen LogP contribution in [0.4, 0.5) is 5.13 Å². The Bertz CT molecular complexity index is 488. The molecule has 2 amide bonds. The maximum Gasteiger partial charge on any atom is 0.358 e. The summed E-state index contributed by atoms with van der Waals surface area (Å²) in [5.41, 5.74) is 0.0449. The van der Waals surface area contributed by atoms with Crippen LogP contribution in [0, 0.1) is 0 Å². The second kappa shape index (κ2) is 8.23. The zero-order chi connectivity index (χ0) is 15.0. The molecule has 0 atom stereocenters. The molecule has 0 bridgehead atoms. The van der Waals surface area contributed by atoms with E-state index in [2.05, 4.69) is 15.6 Å². The van der Waals surface area contributed by atoms with Crippen LogP contribution in [-0.4, -0.2) is 49.6 Å². The Balaban J connectivity index is 2.37. The van der Waals surface area contributed by atoms with E-state index in [0.29, 0.717) is 18.3 Å². The van der Waals surface area contributed by atoms with E-state index in [0.717, 1.165) is 11.3 Å². The molecule has 0 saturated heterocycles. The van der Waals surface area contributed by atoms with E-state index < -0.39 is 18.5 Å². The third kappa shape index (κ3) is 5.76. The number of anilines is 1. The first kappa shape index (κ1) is 16.1. The van der Waals surface area contributed by atoms with Crippen molar-refractivity contribution in [1.29, 1.82) is 0 Å². The van der Waals surface area contributed by atoms with Gasteiger partial charge in [0.15, 0.2) is 17.4 Å². The predicted molar refractivity (Wildman–Crippen MR) is 71.6 cm³/mol. The van der Waals surface area contributed by atoms with Crippen molar-refractivity contribution in [1.82, 2.24) is 10.3 Å². The maximum atomic E-state index is 11.6. The fraction of sp³-hybridized carbons (Fsp3) is 0.455. The summed E-state index contributed by atoms with van der Waals surface area (Å²) in [7, 11) is 1.51. The number of aromatic nitrogens is 1. The van der Waals surface area contributed by atoms with Crippen LogP contribution < -0.4 is 10.6 Å². The predicted octanol–water partition coefficient (Wildman–Crippen LogP) is 0.0209. The molecule has 0 aromatic carbocycles. The van der Waals surface area contributed by atoms with Crippen molar-refractivity contribution in [3.05, 3.63) is 11.1 Å². The molecule has 1 rings (SSSR count). The first-order valence-corrected chi connectivity index (χ1v) is 6.56. The number of hydrogen-bond donors (Lipinski definition) is 2. The van der Waals surface area contributed by atoms with Crippen molar-refractivity contribution in [2.24, 2.45) is 0 Å². The Morgan fingerprint density at radius 2 is 2.15 bits per heavy atom. The molecule has 0 saturated carbocycles. The van der Waals surface area contributed by atoms with Crippen LogP contribution >= 0.6 is 11.3 Å². The summed E-state index contributed by atoms with van der Waals surface area (Å²) in [6.07, 6.45) is 0.